The van der Waals surface area contributed by atoms with Gasteiger partial charge in [0, 0.05) is 10.5 Å². The lowest BCUT2D eigenvalue weighted by Gasteiger charge is -2.08. The predicted molar refractivity (Wildman–Crippen MR) is 51.2 cm³/mol. The molecule has 0 unspecified atom stereocenters. The fourth-order valence-electron chi connectivity index (χ4n) is 1.52. The van der Waals surface area contributed by atoms with Crippen LogP contribution in [0.15, 0.2) is 0 Å². The molecule has 2 N–H and O–H groups in total. The second-order valence-electron chi connectivity index (χ2n) is 2.98. The van der Waals surface area contributed by atoms with Crippen LogP contribution in [0.3, 0.4) is 0 Å². The summed E-state index contributed by atoms with van der Waals surface area (Å²) in [4.78, 5) is 10.2. The van der Waals surface area contributed by atoms with Crippen LogP contribution in [0.5, 0.6) is 0 Å². The second-order valence-corrected chi connectivity index (χ2v) is 3.86. The van der Waals surface area contributed by atoms with Crippen LogP contribution in [0.1, 0.15) is 19.3 Å². The lowest BCUT2D eigenvalue weighted by molar-refractivity contribution is 0.190. The Morgan fingerprint density at radius 3 is 2.82 bits per heavy atom. The first kappa shape index (κ1) is 9.09. The van der Waals surface area contributed by atoms with Crippen molar-refractivity contribution < 1.29 is 9.90 Å². The average molecular weight is 269 g/mol. The van der Waals surface area contributed by atoms with Gasteiger partial charge in [-0.25, -0.2) is 4.79 Å². The van der Waals surface area contributed by atoms with Gasteiger partial charge in [-0.3, -0.25) is 0 Å². The number of rotatable bonds is 2. The van der Waals surface area contributed by atoms with Gasteiger partial charge in [0.1, 0.15) is 0 Å². The molecular weight excluding hydrogens is 257 g/mol. The molecule has 1 aliphatic rings. The number of amides is 1. The van der Waals surface area contributed by atoms with Crippen molar-refractivity contribution >= 4 is 28.7 Å². The zero-order valence-electron chi connectivity index (χ0n) is 6.22. The van der Waals surface area contributed by atoms with E-state index in [-0.39, 0.29) is 6.04 Å². The summed E-state index contributed by atoms with van der Waals surface area (Å²) in [5, 5.41) is 10.9. The molecule has 0 heterocycles. The molecule has 0 aromatic heterocycles. The summed E-state index contributed by atoms with van der Waals surface area (Å²) in [6.45, 7) is 0. The van der Waals surface area contributed by atoms with Crippen LogP contribution in [-0.2, 0) is 0 Å². The molecule has 0 spiro atoms. The highest BCUT2D eigenvalue weighted by atomic mass is 127. The number of carboxylic acid groups (broad SMARTS) is 1. The van der Waals surface area contributed by atoms with Crippen LogP contribution < -0.4 is 5.32 Å². The molecule has 0 aliphatic heterocycles. The van der Waals surface area contributed by atoms with Crippen molar-refractivity contribution in [1.29, 1.82) is 0 Å². The van der Waals surface area contributed by atoms with E-state index in [0.717, 1.165) is 23.2 Å². The molecule has 4 heteroatoms. The SMILES string of the molecule is O=C(O)N[C@H]1CC[C@H](CI)C1. The molecule has 1 saturated carbocycles. The summed E-state index contributed by atoms with van der Waals surface area (Å²) >= 11 is 2.36. The smallest absolute Gasteiger partial charge is 0.404 e. The van der Waals surface area contributed by atoms with E-state index in [1.165, 1.54) is 6.42 Å². The van der Waals surface area contributed by atoms with Crippen LogP contribution in [0.2, 0.25) is 0 Å². The number of hydrogen-bond acceptors (Lipinski definition) is 1. The molecular formula is C7H12INO2. The van der Waals surface area contributed by atoms with Gasteiger partial charge in [0.05, 0.1) is 0 Å². The molecule has 0 aromatic carbocycles. The number of alkyl halides is 1. The topological polar surface area (TPSA) is 49.3 Å². The highest BCUT2D eigenvalue weighted by Crippen LogP contribution is 2.26. The van der Waals surface area contributed by atoms with E-state index in [1.807, 2.05) is 0 Å². The molecule has 1 rings (SSSR count). The second kappa shape index (κ2) is 4.13. The summed E-state index contributed by atoms with van der Waals surface area (Å²) in [6.07, 6.45) is 2.33. The Balaban J connectivity index is 2.24. The molecule has 0 aromatic rings. The van der Waals surface area contributed by atoms with Crippen molar-refractivity contribution in [3.8, 4) is 0 Å². The highest BCUT2D eigenvalue weighted by Gasteiger charge is 2.24. The van der Waals surface area contributed by atoms with Gasteiger partial charge in [-0.15, -0.1) is 0 Å². The largest absolute Gasteiger partial charge is 0.465 e. The lowest BCUT2D eigenvalue weighted by Crippen LogP contribution is -2.31. The predicted octanol–water partition coefficient (Wildman–Crippen LogP) is 1.86. The normalized spacial score (nSPS) is 30.3. The van der Waals surface area contributed by atoms with Gasteiger partial charge >= 0.3 is 6.09 Å². The van der Waals surface area contributed by atoms with E-state index in [4.69, 9.17) is 5.11 Å². The maximum absolute atomic E-state index is 10.2. The van der Waals surface area contributed by atoms with Crippen molar-refractivity contribution in [3.05, 3.63) is 0 Å². The number of hydrogen-bond donors (Lipinski definition) is 2. The van der Waals surface area contributed by atoms with Gasteiger partial charge in [-0.2, -0.15) is 0 Å². The van der Waals surface area contributed by atoms with E-state index in [2.05, 4.69) is 27.9 Å². The van der Waals surface area contributed by atoms with Crippen molar-refractivity contribution in [2.24, 2.45) is 5.92 Å². The third kappa shape index (κ3) is 2.84. The first-order chi connectivity index (χ1) is 5.22. The fourth-order valence-corrected chi connectivity index (χ4v) is 2.32. The van der Waals surface area contributed by atoms with E-state index in [9.17, 15) is 4.79 Å². The van der Waals surface area contributed by atoms with Gasteiger partial charge in [-0.1, -0.05) is 22.6 Å². The van der Waals surface area contributed by atoms with Gasteiger partial charge in [0.25, 0.3) is 0 Å². The van der Waals surface area contributed by atoms with Gasteiger partial charge in [-0.05, 0) is 25.2 Å². The fraction of sp³-hybridized carbons (Fsp3) is 0.857. The third-order valence-corrected chi connectivity index (χ3v) is 3.33. The van der Waals surface area contributed by atoms with Gasteiger partial charge < -0.3 is 10.4 Å². The quantitative estimate of drug-likeness (QED) is 0.593. The molecule has 1 fully saturated rings. The van der Waals surface area contributed by atoms with Crippen LogP contribution in [-0.4, -0.2) is 21.7 Å². The van der Waals surface area contributed by atoms with E-state index in [0.29, 0.717) is 0 Å². The molecule has 64 valence electrons. The monoisotopic (exact) mass is 269 g/mol. The Morgan fingerprint density at radius 2 is 2.36 bits per heavy atom. The molecule has 0 radical (unpaired) electrons. The van der Waals surface area contributed by atoms with Crippen LogP contribution >= 0.6 is 22.6 Å². The summed E-state index contributed by atoms with van der Waals surface area (Å²) in [5.41, 5.74) is 0. The minimum Gasteiger partial charge on any atom is -0.465 e. The zero-order chi connectivity index (χ0) is 8.27. The standard InChI is InChI=1S/C7H12INO2/c8-4-5-1-2-6(3-5)9-7(10)11/h5-6,9H,1-4H2,(H,10,11)/t5-,6-/m0/s1. The Hall–Kier alpha value is 0. The van der Waals surface area contributed by atoms with E-state index >= 15 is 0 Å². The number of halogens is 1. The van der Waals surface area contributed by atoms with E-state index < -0.39 is 6.09 Å². The minimum atomic E-state index is -0.885. The molecule has 3 nitrogen and oxygen atoms in total. The molecule has 0 saturated heterocycles. The summed E-state index contributed by atoms with van der Waals surface area (Å²) in [6, 6.07) is 0.215. The third-order valence-electron chi connectivity index (χ3n) is 2.09. The maximum Gasteiger partial charge on any atom is 0.404 e. The van der Waals surface area contributed by atoms with Gasteiger partial charge in [0.2, 0.25) is 0 Å². The first-order valence-electron chi connectivity index (χ1n) is 3.77. The summed E-state index contributed by atoms with van der Waals surface area (Å²) in [5.74, 6) is 0.729. The zero-order valence-corrected chi connectivity index (χ0v) is 8.37. The first-order valence-corrected chi connectivity index (χ1v) is 5.30. The van der Waals surface area contributed by atoms with Crippen molar-refractivity contribution in [2.45, 2.75) is 25.3 Å². The van der Waals surface area contributed by atoms with Crippen molar-refractivity contribution in [1.82, 2.24) is 5.32 Å². The molecule has 1 aliphatic carbocycles. The van der Waals surface area contributed by atoms with Gasteiger partial charge in [0.15, 0.2) is 0 Å². The highest BCUT2D eigenvalue weighted by molar-refractivity contribution is 14.1. The number of carbonyl (C=O) groups is 1. The molecule has 2 atom stereocenters. The van der Waals surface area contributed by atoms with Crippen molar-refractivity contribution in [2.75, 3.05) is 4.43 Å². The van der Waals surface area contributed by atoms with E-state index in [1.54, 1.807) is 0 Å². The Bertz CT molecular complexity index is 151. The van der Waals surface area contributed by atoms with Crippen molar-refractivity contribution in [3.63, 3.8) is 0 Å². The average Bonchev–Trinajstić information content (AvgIpc) is 2.34. The van der Waals surface area contributed by atoms with Crippen LogP contribution in [0, 0.1) is 5.92 Å². The molecule has 11 heavy (non-hydrogen) atoms. The number of nitrogens with one attached hydrogen (secondary N) is 1. The Labute approximate surface area is 79.7 Å². The summed E-state index contributed by atoms with van der Waals surface area (Å²) < 4.78 is 1.15. The summed E-state index contributed by atoms with van der Waals surface area (Å²) in [7, 11) is 0. The van der Waals surface area contributed by atoms with Crippen LogP contribution in [0.25, 0.3) is 0 Å². The minimum absolute atomic E-state index is 0.215. The molecule has 1 amide bonds. The maximum atomic E-state index is 10.2. The van der Waals surface area contributed by atoms with Crippen LogP contribution in [0.4, 0.5) is 4.79 Å². The molecule has 0 bridgehead atoms. The Morgan fingerprint density at radius 1 is 1.64 bits per heavy atom. The lowest BCUT2D eigenvalue weighted by atomic mass is 10.1. The Kier molecular flexibility index (Phi) is 3.42.